The summed E-state index contributed by atoms with van der Waals surface area (Å²) in [6.45, 7) is 0. The van der Waals surface area contributed by atoms with E-state index in [1.807, 2.05) is 6.07 Å². The first-order valence-corrected chi connectivity index (χ1v) is 12.7. The molecule has 4 aromatic rings. The fourth-order valence-electron chi connectivity index (χ4n) is 4.19. The molecule has 1 aliphatic heterocycles. The smallest absolute Gasteiger partial charge is 0.274 e. The van der Waals surface area contributed by atoms with Crippen LogP contribution in [0.15, 0.2) is 89.2 Å². The molecule has 1 amide bonds. The Labute approximate surface area is 225 Å². The monoisotopic (exact) mass is 544 g/mol. The Balaban J connectivity index is 1.81. The number of nitrogens with two attached hydrogens (primary N) is 1. The van der Waals surface area contributed by atoms with E-state index in [2.05, 4.69) is 11.4 Å². The Hall–Kier alpha value is -4.09. The molecule has 0 aliphatic carbocycles. The minimum atomic E-state index is -0.799. The number of nitriles is 1. The summed E-state index contributed by atoms with van der Waals surface area (Å²) in [6.07, 6.45) is 1.71. The van der Waals surface area contributed by atoms with Crippen LogP contribution in [-0.4, -0.2) is 10.5 Å². The lowest BCUT2D eigenvalue weighted by atomic mass is 9.83. The molecule has 9 heteroatoms. The number of nitrogens with zero attached hydrogens (tertiary/aromatic N) is 2. The second kappa shape index (κ2) is 10.1. The number of para-hydroxylation sites is 1. The number of benzene rings is 3. The third kappa shape index (κ3) is 4.70. The first-order chi connectivity index (χ1) is 17.9. The maximum absolute atomic E-state index is 13.8. The van der Waals surface area contributed by atoms with E-state index in [9.17, 15) is 14.9 Å². The Bertz CT molecular complexity index is 1770. The zero-order valence-corrected chi connectivity index (χ0v) is 21.4. The predicted octanol–water partition coefficient (Wildman–Crippen LogP) is 4.28. The summed E-state index contributed by atoms with van der Waals surface area (Å²) in [5.74, 6) is -1.25. The van der Waals surface area contributed by atoms with E-state index in [1.54, 1.807) is 78.9 Å². The summed E-state index contributed by atoms with van der Waals surface area (Å²) in [4.78, 5) is 27.3. The van der Waals surface area contributed by atoms with Crippen molar-refractivity contribution in [3.8, 4) is 6.07 Å². The van der Waals surface area contributed by atoms with Crippen molar-refractivity contribution in [1.29, 1.82) is 5.26 Å². The fourth-order valence-corrected chi connectivity index (χ4v) is 5.61. The van der Waals surface area contributed by atoms with E-state index in [-0.39, 0.29) is 17.0 Å². The molecule has 0 spiro atoms. The normalized spacial score (nSPS) is 15.3. The molecule has 6 nitrogen and oxygen atoms in total. The number of hydrogen-bond donors (Lipinski definition) is 2. The first-order valence-electron chi connectivity index (χ1n) is 11.1. The quantitative estimate of drug-likeness (QED) is 0.400. The number of thiazole rings is 1. The zero-order valence-electron chi connectivity index (χ0n) is 19.1. The van der Waals surface area contributed by atoms with Gasteiger partial charge in [0.1, 0.15) is 10.5 Å². The molecule has 1 aromatic heterocycles. The van der Waals surface area contributed by atoms with E-state index in [0.717, 1.165) is 16.9 Å². The topological polar surface area (TPSA) is 101 Å². The van der Waals surface area contributed by atoms with Crippen LogP contribution in [0.4, 0.5) is 5.69 Å². The van der Waals surface area contributed by atoms with Crippen molar-refractivity contribution in [3.05, 3.63) is 125 Å². The Morgan fingerprint density at radius 1 is 1.00 bits per heavy atom. The van der Waals surface area contributed by atoms with Crippen LogP contribution in [0.3, 0.4) is 0 Å². The number of hydrogen-bond acceptors (Lipinski definition) is 5. The van der Waals surface area contributed by atoms with Crippen molar-refractivity contribution in [2.45, 2.75) is 5.92 Å². The number of nitrogens with one attached hydrogen (secondary N) is 1. The number of carbonyl (C=O) groups is 1. The minimum Gasteiger partial charge on any atom is -0.384 e. The van der Waals surface area contributed by atoms with E-state index in [1.165, 1.54) is 4.57 Å². The van der Waals surface area contributed by atoms with Gasteiger partial charge in [-0.3, -0.25) is 14.2 Å². The molecule has 0 bridgehead atoms. The minimum absolute atomic E-state index is 0.00860. The van der Waals surface area contributed by atoms with Crippen molar-refractivity contribution in [1.82, 2.24) is 4.57 Å². The number of halogens is 2. The van der Waals surface area contributed by atoms with Crippen LogP contribution in [-0.2, 0) is 4.79 Å². The Morgan fingerprint density at radius 2 is 1.62 bits per heavy atom. The number of aromatic nitrogens is 1. The van der Waals surface area contributed by atoms with Gasteiger partial charge in [0.2, 0.25) is 0 Å². The molecule has 2 heterocycles. The molecule has 3 N–H and O–H groups in total. The SMILES string of the molecule is N#CC1=C(N)n2c(s/c(=C\c3ccc(Cl)cc3)c2=O)=C(C(=O)Nc2ccccc2)C1c1ccc(Cl)cc1. The van der Waals surface area contributed by atoms with Gasteiger partial charge in [0, 0.05) is 15.7 Å². The third-order valence-electron chi connectivity index (χ3n) is 5.92. The van der Waals surface area contributed by atoms with Gasteiger partial charge in [-0.1, -0.05) is 65.7 Å². The molecular weight excluding hydrogens is 527 g/mol. The largest absolute Gasteiger partial charge is 0.384 e. The molecule has 0 saturated carbocycles. The Kier molecular flexibility index (Phi) is 6.72. The van der Waals surface area contributed by atoms with Gasteiger partial charge < -0.3 is 11.1 Å². The van der Waals surface area contributed by atoms with Gasteiger partial charge in [0.15, 0.2) is 0 Å². The summed E-state index contributed by atoms with van der Waals surface area (Å²) in [5, 5.41) is 14.1. The average molecular weight is 545 g/mol. The van der Waals surface area contributed by atoms with Crippen LogP contribution in [0, 0.1) is 11.3 Å². The van der Waals surface area contributed by atoms with E-state index in [4.69, 9.17) is 28.9 Å². The number of anilines is 1. The van der Waals surface area contributed by atoms with Gasteiger partial charge in [-0.05, 0) is 53.6 Å². The van der Waals surface area contributed by atoms with E-state index >= 15 is 0 Å². The fraction of sp³-hybridized carbons (Fsp3) is 0.0357. The van der Waals surface area contributed by atoms with Crippen molar-refractivity contribution in [3.63, 3.8) is 0 Å². The van der Waals surface area contributed by atoms with Crippen molar-refractivity contribution >= 4 is 63.6 Å². The molecule has 3 aromatic carbocycles. The van der Waals surface area contributed by atoms with Gasteiger partial charge in [0.05, 0.1) is 27.7 Å². The second-order valence-corrected chi connectivity index (χ2v) is 10.1. The average Bonchev–Trinajstić information content (AvgIpc) is 3.22. The van der Waals surface area contributed by atoms with Crippen molar-refractivity contribution < 1.29 is 4.79 Å². The molecule has 1 unspecified atom stereocenters. The van der Waals surface area contributed by atoms with Gasteiger partial charge in [0.25, 0.3) is 11.5 Å². The Morgan fingerprint density at radius 3 is 2.24 bits per heavy atom. The van der Waals surface area contributed by atoms with Crippen LogP contribution in [0.1, 0.15) is 17.0 Å². The van der Waals surface area contributed by atoms with Crippen molar-refractivity contribution in [2.24, 2.45) is 5.73 Å². The maximum atomic E-state index is 13.8. The van der Waals surface area contributed by atoms with Gasteiger partial charge in [-0.15, -0.1) is 11.3 Å². The van der Waals surface area contributed by atoms with Crippen LogP contribution in [0.2, 0.25) is 10.0 Å². The highest BCUT2D eigenvalue weighted by Gasteiger charge is 2.35. The molecule has 1 aliphatic rings. The number of carbonyl (C=O) groups excluding carboxylic acids is 1. The standard InChI is InChI=1S/C28H18Cl2N4O2S/c29-18-10-6-16(7-11-18)14-22-27(36)34-25(32)21(15-31)23(17-8-12-19(30)13-9-17)24(28(34)37-22)26(35)33-20-4-2-1-3-5-20/h1-14,23H,32H2,(H,33,35)/b22-14-. The third-order valence-corrected chi connectivity index (χ3v) is 7.53. The number of fused-ring (bicyclic) bond motifs is 1. The van der Waals surface area contributed by atoms with Gasteiger partial charge >= 0.3 is 0 Å². The number of rotatable bonds is 4. The van der Waals surface area contributed by atoms with Gasteiger partial charge in [-0.2, -0.15) is 5.26 Å². The highest BCUT2D eigenvalue weighted by molar-refractivity contribution is 7.07. The predicted molar refractivity (Wildman–Crippen MR) is 149 cm³/mol. The van der Waals surface area contributed by atoms with Crippen LogP contribution in [0.25, 0.3) is 17.5 Å². The number of allylic oxidation sites excluding steroid dienone is 1. The van der Waals surface area contributed by atoms with E-state index < -0.39 is 17.4 Å². The summed E-state index contributed by atoms with van der Waals surface area (Å²) in [7, 11) is 0. The summed E-state index contributed by atoms with van der Waals surface area (Å²) in [6, 6.07) is 25.0. The molecule has 0 fully saturated rings. The first kappa shape index (κ1) is 24.6. The summed E-state index contributed by atoms with van der Waals surface area (Å²) in [5.41, 5.74) is 8.34. The lowest BCUT2D eigenvalue weighted by molar-refractivity contribution is -0.111. The van der Waals surface area contributed by atoms with Crippen LogP contribution >= 0.6 is 34.5 Å². The maximum Gasteiger partial charge on any atom is 0.274 e. The molecule has 0 radical (unpaired) electrons. The second-order valence-electron chi connectivity index (χ2n) is 8.24. The molecular formula is C28H18Cl2N4O2S. The lowest BCUT2D eigenvalue weighted by Crippen LogP contribution is -2.40. The van der Waals surface area contributed by atoms with E-state index in [0.29, 0.717) is 30.5 Å². The summed E-state index contributed by atoms with van der Waals surface area (Å²) >= 11 is 13.2. The van der Waals surface area contributed by atoms with Crippen LogP contribution in [0.5, 0.6) is 0 Å². The zero-order chi connectivity index (χ0) is 26.1. The molecule has 37 heavy (non-hydrogen) atoms. The van der Waals surface area contributed by atoms with Gasteiger partial charge in [-0.25, -0.2) is 0 Å². The summed E-state index contributed by atoms with van der Waals surface area (Å²) < 4.78 is 1.96. The van der Waals surface area contributed by atoms with Crippen molar-refractivity contribution in [2.75, 3.05) is 5.32 Å². The molecule has 182 valence electrons. The van der Waals surface area contributed by atoms with Crippen LogP contribution < -0.4 is 25.8 Å². The molecule has 5 rings (SSSR count). The molecule has 1 atom stereocenters. The highest BCUT2D eigenvalue weighted by atomic mass is 35.5. The highest BCUT2D eigenvalue weighted by Crippen LogP contribution is 2.37. The molecule has 0 saturated heterocycles. The number of amides is 1. The lowest BCUT2D eigenvalue weighted by Gasteiger charge is -2.25.